The van der Waals surface area contributed by atoms with E-state index in [0.29, 0.717) is 13.1 Å². The Morgan fingerprint density at radius 3 is 2.91 bits per heavy atom. The molecule has 2 aromatic rings. The topological polar surface area (TPSA) is 82.1 Å². The maximum absolute atomic E-state index is 12.5. The molecule has 0 N–H and O–H groups in total. The molecule has 0 bridgehead atoms. The highest BCUT2D eigenvalue weighted by molar-refractivity contribution is 5.76. The minimum Gasteiger partial charge on any atom is -0.339 e. The number of carbonyl (C=O) groups excluding carboxylic acids is 1. The molecule has 0 aliphatic carbocycles. The molecule has 0 radical (unpaired) electrons. The first kappa shape index (κ1) is 15.3. The summed E-state index contributed by atoms with van der Waals surface area (Å²) in [4.78, 5) is 37.6. The number of amides is 1. The Kier molecular flexibility index (Phi) is 4.14. The van der Waals surface area contributed by atoms with Crippen molar-refractivity contribution in [2.75, 3.05) is 13.1 Å². The highest BCUT2D eigenvalue weighted by atomic mass is 16.2. The second kappa shape index (κ2) is 6.23. The smallest absolute Gasteiger partial charge is 0.331 e. The second-order valence-electron chi connectivity index (χ2n) is 5.75. The van der Waals surface area contributed by atoms with Crippen LogP contribution in [0.5, 0.6) is 0 Å². The predicted octanol–water partition coefficient (Wildman–Crippen LogP) is -0.393. The molecule has 3 heterocycles. The van der Waals surface area contributed by atoms with E-state index in [4.69, 9.17) is 0 Å². The van der Waals surface area contributed by atoms with Crippen molar-refractivity contribution in [3.05, 3.63) is 51.6 Å². The van der Waals surface area contributed by atoms with E-state index in [1.54, 1.807) is 11.1 Å². The van der Waals surface area contributed by atoms with Gasteiger partial charge in [-0.15, -0.1) is 0 Å². The van der Waals surface area contributed by atoms with Crippen LogP contribution in [0.4, 0.5) is 0 Å². The van der Waals surface area contributed by atoms with Crippen LogP contribution in [-0.4, -0.2) is 42.8 Å². The zero-order valence-corrected chi connectivity index (χ0v) is 13.0. The third-order valence-corrected chi connectivity index (χ3v) is 4.21. The van der Waals surface area contributed by atoms with Gasteiger partial charge in [0.15, 0.2) is 0 Å². The Labute approximate surface area is 132 Å². The molecule has 1 saturated heterocycles. The fourth-order valence-electron chi connectivity index (χ4n) is 2.88. The van der Waals surface area contributed by atoms with Crippen molar-refractivity contribution in [2.24, 2.45) is 7.05 Å². The molecular weight excluding hydrogens is 298 g/mol. The van der Waals surface area contributed by atoms with Gasteiger partial charge in [0.1, 0.15) is 6.54 Å². The first-order valence-corrected chi connectivity index (χ1v) is 7.59. The number of piperidine rings is 1. The molecule has 3 rings (SSSR count). The molecule has 122 valence electrons. The summed E-state index contributed by atoms with van der Waals surface area (Å²) >= 11 is 0. The third kappa shape index (κ3) is 3.10. The van der Waals surface area contributed by atoms with E-state index in [-0.39, 0.29) is 24.1 Å². The summed E-state index contributed by atoms with van der Waals surface area (Å²) in [6.07, 6.45) is 6.88. The lowest BCUT2D eigenvalue weighted by atomic mass is 10.1. The predicted molar refractivity (Wildman–Crippen MR) is 83.0 cm³/mol. The third-order valence-electron chi connectivity index (χ3n) is 4.21. The molecule has 2 aromatic heterocycles. The Morgan fingerprint density at radius 2 is 2.17 bits per heavy atom. The molecule has 1 aliphatic rings. The zero-order chi connectivity index (χ0) is 16.4. The second-order valence-corrected chi connectivity index (χ2v) is 5.75. The van der Waals surface area contributed by atoms with Crippen molar-refractivity contribution in [3.8, 4) is 0 Å². The van der Waals surface area contributed by atoms with E-state index in [2.05, 4.69) is 5.10 Å². The highest BCUT2D eigenvalue weighted by Gasteiger charge is 2.25. The van der Waals surface area contributed by atoms with Gasteiger partial charge in [0.05, 0.1) is 6.04 Å². The van der Waals surface area contributed by atoms with Crippen molar-refractivity contribution < 1.29 is 4.79 Å². The first-order valence-electron chi connectivity index (χ1n) is 7.59. The van der Waals surface area contributed by atoms with Crippen LogP contribution >= 0.6 is 0 Å². The Morgan fingerprint density at radius 1 is 1.35 bits per heavy atom. The Hall–Kier alpha value is -2.64. The van der Waals surface area contributed by atoms with Crippen LogP contribution in [0, 0.1) is 0 Å². The molecule has 1 fully saturated rings. The summed E-state index contributed by atoms with van der Waals surface area (Å²) in [5, 5.41) is 4.24. The average Bonchev–Trinajstić information content (AvgIpc) is 3.10. The molecular formula is C15H19N5O3. The molecule has 23 heavy (non-hydrogen) atoms. The summed E-state index contributed by atoms with van der Waals surface area (Å²) < 4.78 is 4.13. The van der Waals surface area contributed by atoms with E-state index in [1.165, 1.54) is 23.9 Å². The number of nitrogens with zero attached hydrogens (tertiary/aromatic N) is 5. The normalized spacial score (nSPS) is 18.1. The van der Waals surface area contributed by atoms with Crippen LogP contribution in [0.15, 0.2) is 40.3 Å². The quantitative estimate of drug-likeness (QED) is 0.772. The van der Waals surface area contributed by atoms with Gasteiger partial charge >= 0.3 is 5.69 Å². The van der Waals surface area contributed by atoms with E-state index >= 15 is 0 Å². The number of hydrogen-bond acceptors (Lipinski definition) is 4. The molecule has 1 aliphatic heterocycles. The molecule has 0 saturated carbocycles. The lowest BCUT2D eigenvalue weighted by Gasteiger charge is -2.33. The SMILES string of the molecule is Cn1c(=O)ccn(CC(=O)N2CCC[C@H](n3cccn3)C2)c1=O. The van der Waals surface area contributed by atoms with Crippen LogP contribution in [0.3, 0.4) is 0 Å². The van der Waals surface area contributed by atoms with Gasteiger partial charge in [-0.05, 0) is 18.9 Å². The molecule has 0 unspecified atom stereocenters. The summed E-state index contributed by atoms with van der Waals surface area (Å²) in [5.41, 5.74) is -0.859. The lowest BCUT2D eigenvalue weighted by Crippen LogP contribution is -2.45. The Balaban J connectivity index is 1.72. The van der Waals surface area contributed by atoms with Gasteiger partial charge in [-0.25, -0.2) is 4.79 Å². The fourth-order valence-corrected chi connectivity index (χ4v) is 2.88. The van der Waals surface area contributed by atoms with Gasteiger partial charge in [0.2, 0.25) is 5.91 Å². The van der Waals surface area contributed by atoms with Gasteiger partial charge < -0.3 is 4.90 Å². The number of likely N-dealkylation sites (tertiary alicyclic amines) is 1. The average molecular weight is 317 g/mol. The van der Waals surface area contributed by atoms with Gasteiger partial charge in [-0.2, -0.15) is 5.10 Å². The zero-order valence-electron chi connectivity index (χ0n) is 13.0. The largest absolute Gasteiger partial charge is 0.339 e. The van der Waals surface area contributed by atoms with Crippen molar-refractivity contribution in [1.82, 2.24) is 23.8 Å². The molecule has 8 nitrogen and oxygen atoms in total. The van der Waals surface area contributed by atoms with E-state index in [1.807, 2.05) is 16.9 Å². The van der Waals surface area contributed by atoms with E-state index < -0.39 is 5.69 Å². The summed E-state index contributed by atoms with van der Waals surface area (Å²) in [7, 11) is 1.40. The number of aromatic nitrogens is 4. The minimum atomic E-state index is -0.480. The minimum absolute atomic E-state index is 0.0568. The van der Waals surface area contributed by atoms with Crippen LogP contribution in [0.25, 0.3) is 0 Å². The van der Waals surface area contributed by atoms with Crippen LogP contribution in [0.1, 0.15) is 18.9 Å². The molecule has 1 atom stereocenters. The van der Waals surface area contributed by atoms with Crippen molar-refractivity contribution >= 4 is 5.91 Å². The van der Waals surface area contributed by atoms with Crippen LogP contribution in [0.2, 0.25) is 0 Å². The highest BCUT2D eigenvalue weighted by Crippen LogP contribution is 2.20. The van der Waals surface area contributed by atoms with Gasteiger partial charge in [0.25, 0.3) is 5.56 Å². The number of rotatable bonds is 3. The first-order chi connectivity index (χ1) is 11.1. The molecule has 8 heteroatoms. The van der Waals surface area contributed by atoms with Crippen molar-refractivity contribution in [2.45, 2.75) is 25.4 Å². The summed E-state index contributed by atoms with van der Waals surface area (Å²) in [5.74, 6) is -0.123. The van der Waals surface area contributed by atoms with Crippen LogP contribution in [-0.2, 0) is 18.4 Å². The Bertz CT molecular complexity index is 805. The molecule has 1 amide bonds. The number of carbonyl (C=O) groups is 1. The standard InChI is InChI=1S/C15H19N5O3/c1-17-13(21)5-9-19(15(17)23)11-14(22)18-7-2-4-12(10-18)20-8-3-6-16-20/h3,5-6,8-9,12H,2,4,7,10-11H2,1H3/t12-/m0/s1. The van der Waals surface area contributed by atoms with Crippen molar-refractivity contribution in [3.63, 3.8) is 0 Å². The maximum Gasteiger partial charge on any atom is 0.331 e. The van der Waals surface area contributed by atoms with Gasteiger partial charge in [-0.3, -0.25) is 23.4 Å². The molecule has 0 aromatic carbocycles. The van der Waals surface area contributed by atoms with Gasteiger partial charge in [0, 0.05) is 44.8 Å². The monoisotopic (exact) mass is 317 g/mol. The fraction of sp³-hybridized carbons (Fsp3) is 0.467. The maximum atomic E-state index is 12.5. The lowest BCUT2D eigenvalue weighted by molar-refractivity contribution is -0.133. The summed E-state index contributed by atoms with van der Waals surface area (Å²) in [6, 6.07) is 3.32. The molecule has 0 spiro atoms. The van der Waals surface area contributed by atoms with Crippen LogP contribution < -0.4 is 11.2 Å². The van der Waals surface area contributed by atoms with Gasteiger partial charge in [-0.1, -0.05) is 0 Å². The van der Waals surface area contributed by atoms with E-state index in [9.17, 15) is 14.4 Å². The van der Waals surface area contributed by atoms with E-state index in [0.717, 1.165) is 17.4 Å². The van der Waals surface area contributed by atoms with Crippen molar-refractivity contribution in [1.29, 1.82) is 0 Å². The number of hydrogen-bond donors (Lipinski definition) is 0. The summed E-state index contributed by atoms with van der Waals surface area (Å²) in [6.45, 7) is 1.21.